The average molecular weight is 495 g/mol. The van der Waals surface area contributed by atoms with E-state index in [1.165, 1.54) is 24.3 Å². The molecule has 1 unspecified atom stereocenters. The van der Waals surface area contributed by atoms with Crippen molar-refractivity contribution in [2.24, 2.45) is 0 Å². The molecule has 188 valence electrons. The lowest BCUT2D eigenvalue weighted by Crippen LogP contribution is -2.25. The molecular formula is C27H27FN2O6. The third-order valence-electron chi connectivity index (χ3n) is 6.01. The van der Waals surface area contributed by atoms with E-state index >= 15 is 0 Å². The first-order valence-corrected chi connectivity index (χ1v) is 11.4. The minimum absolute atomic E-state index is 0.0548. The Hall–Kier alpha value is -3.82. The van der Waals surface area contributed by atoms with Gasteiger partial charge in [-0.3, -0.25) is 14.9 Å². The highest BCUT2D eigenvalue weighted by Crippen LogP contribution is 2.40. The number of aryl methyl sites for hydroxylation is 1. The lowest BCUT2D eigenvalue weighted by atomic mass is 9.95. The van der Waals surface area contributed by atoms with Crippen molar-refractivity contribution in [3.05, 3.63) is 81.2 Å². The highest BCUT2D eigenvalue weighted by atomic mass is 19.1. The van der Waals surface area contributed by atoms with Crippen LogP contribution in [0.1, 0.15) is 35.3 Å². The van der Waals surface area contributed by atoms with Gasteiger partial charge in [0.2, 0.25) is 0 Å². The van der Waals surface area contributed by atoms with Crippen LogP contribution in [-0.2, 0) is 9.47 Å². The summed E-state index contributed by atoms with van der Waals surface area (Å²) in [6, 6.07) is 12.5. The van der Waals surface area contributed by atoms with Crippen molar-refractivity contribution in [1.82, 2.24) is 0 Å². The van der Waals surface area contributed by atoms with Gasteiger partial charge in [-0.15, -0.1) is 0 Å². The van der Waals surface area contributed by atoms with Gasteiger partial charge in [0.15, 0.2) is 12.1 Å². The normalized spacial score (nSPS) is 16.5. The van der Waals surface area contributed by atoms with Crippen LogP contribution in [0.5, 0.6) is 5.75 Å². The van der Waals surface area contributed by atoms with E-state index in [0.29, 0.717) is 41.1 Å². The second kappa shape index (κ2) is 10.0. The molecule has 3 aromatic rings. The summed E-state index contributed by atoms with van der Waals surface area (Å²) in [5.74, 6) is -0.439. The topological polar surface area (TPSA) is 99.9 Å². The molecule has 1 saturated heterocycles. The number of halogens is 1. The molecule has 1 atom stereocenters. The predicted octanol–water partition coefficient (Wildman–Crippen LogP) is 6.10. The summed E-state index contributed by atoms with van der Waals surface area (Å²) >= 11 is 0. The third kappa shape index (κ3) is 5.37. The van der Waals surface area contributed by atoms with Crippen LogP contribution in [0.2, 0.25) is 0 Å². The smallest absolute Gasteiger partial charge is 0.282 e. The van der Waals surface area contributed by atoms with Gasteiger partial charge in [-0.25, -0.2) is 4.39 Å². The molecule has 0 spiro atoms. The number of nitro benzene ring substituents is 1. The van der Waals surface area contributed by atoms with E-state index in [-0.39, 0.29) is 29.8 Å². The zero-order valence-electron chi connectivity index (χ0n) is 20.5. The van der Waals surface area contributed by atoms with Gasteiger partial charge in [0.1, 0.15) is 24.3 Å². The van der Waals surface area contributed by atoms with Crippen LogP contribution in [0.4, 0.5) is 21.5 Å². The van der Waals surface area contributed by atoms with Gasteiger partial charge in [-0.05, 0) is 74.7 Å². The molecule has 8 nitrogen and oxygen atoms in total. The zero-order valence-corrected chi connectivity index (χ0v) is 20.5. The maximum Gasteiger partial charge on any atom is 0.282 e. The van der Waals surface area contributed by atoms with E-state index in [2.05, 4.69) is 5.32 Å². The predicted molar refractivity (Wildman–Crippen MR) is 133 cm³/mol. The Morgan fingerprint density at radius 2 is 1.94 bits per heavy atom. The number of ether oxygens (including phenoxy) is 3. The van der Waals surface area contributed by atoms with Crippen molar-refractivity contribution in [3.63, 3.8) is 0 Å². The number of nitro groups is 1. The average Bonchev–Trinajstić information content (AvgIpc) is 3.18. The molecule has 0 bridgehead atoms. The first kappa shape index (κ1) is 25.3. The SMILES string of the molecule is Cc1cc(F)ccc1Nc1cc([N+](=O)[O-])c(C=O)cc1-c1cccc(OCC2COC(C)(C)O2)c1C. The van der Waals surface area contributed by atoms with Gasteiger partial charge in [0, 0.05) is 17.3 Å². The third-order valence-corrected chi connectivity index (χ3v) is 6.01. The number of aldehydes is 1. The second-order valence-corrected chi connectivity index (χ2v) is 9.11. The lowest BCUT2D eigenvalue weighted by Gasteiger charge is -2.19. The molecule has 1 aliphatic rings. The van der Waals surface area contributed by atoms with Gasteiger partial charge in [-0.2, -0.15) is 0 Å². The quantitative estimate of drug-likeness (QED) is 0.229. The van der Waals surface area contributed by atoms with Crippen LogP contribution in [-0.4, -0.2) is 36.3 Å². The number of nitrogens with one attached hydrogen (secondary N) is 1. The summed E-state index contributed by atoms with van der Waals surface area (Å²) in [7, 11) is 0. The van der Waals surface area contributed by atoms with Crippen LogP contribution in [0, 0.1) is 29.8 Å². The minimum atomic E-state index is -0.659. The highest BCUT2D eigenvalue weighted by Gasteiger charge is 2.33. The van der Waals surface area contributed by atoms with Crippen LogP contribution >= 0.6 is 0 Å². The summed E-state index contributed by atoms with van der Waals surface area (Å²) < 4.78 is 31.1. The molecule has 9 heteroatoms. The Morgan fingerprint density at radius 1 is 1.17 bits per heavy atom. The molecule has 1 fully saturated rings. The summed E-state index contributed by atoms with van der Waals surface area (Å²) in [5.41, 5.74) is 3.28. The van der Waals surface area contributed by atoms with Crippen molar-refractivity contribution in [1.29, 1.82) is 0 Å². The van der Waals surface area contributed by atoms with Crippen molar-refractivity contribution < 1.29 is 28.3 Å². The van der Waals surface area contributed by atoms with Gasteiger partial charge in [-0.1, -0.05) is 12.1 Å². The van der Waals surface area contributed by atoms with Crippen LogP contribution in [0.15, 0.2) is 48.5 Å². The molecule has 4 rings (SSSR count). The molecule has 0 aromatic heterocycles. The monoisotopic (exact) mass is 494 g/mol. The number of carbonyl (C=O) groups is 1. The fraction of sp³-hybridized carbons (Fsp3) is 0.296. The molecule has 0 saturated carbocycles. The molecule has 0 radical (unpaired) electrons. The zero-order chi connectivity index (χ0) is 26.0. The van der Waals surface area contributed by atoms with Crippen LogP contribution in [0.3, 0.4) is 0 Å². The van der Waals surface area contributed by atoms with Crippen molar-refractivity contribution in [3.8, 4) is 16.9 Å². The summed E-state index contributed by atoms with van der Waals surface area (Å²) in [6.07, 6.45) is 0.242. The fourth-order valence-corrected chi connectivity index (χ4v) is 4.19. The van der Waals surface area contributed by atoms with Gasteiger partial charge in [0.25, 0.3) is 5.69 Å². The van der Waals surface area contributed by atoms with E-state index in [9.17, 15) is 19.3 Å². The fourth-order valence-electron chi connectivity index (χ4n) is 4.19. The molecular weight excluding hydrogens is 467 g/mol. The molecule has 1 heterocycles. The molecule has 0 amide bonds. The number of anilines is 2. The number of nitrogens with zero attached hydrogens (tertiary/aromatic N) is 1. The van der Waals surface area contributed by atoms with Crippen molar-refractivity contribution in [2.45, 2.75) is 39.6 Å². The van der Waals surface area contributed by atoms with Crippen LogP contribution < -0.4 is 10.1 Å². The maximum atomic E-state index is 13.6. The highest BCUT2D eigenvalue weighted by molar-refractivity contribution is 5.92. The lowest BCUT2D eigenvalue weighted by molar-refractivity contribution is -0.385. The standard InChI is InChI=1S/C27H27FN2O6/c1-16-10-19(28)8-9-23(16)29-24-12-25(30(32)33)18(13-31)11-22(24)21-6-5-7-26(17(21)2)34-14-20-15-35-27(3,4)36-20/h5-13,20,29H,14-15H2,1-4H3. The Bertz CT molecular complexity index is 1320. The second-order valence-electron chi connectivity index (χ2n) is 9.11. The van der Waals surface area contributed by atoms with E-state index in [1.807, 2.05) is 39.0 Å². The Morgan fingerprint density at radius 3 is 2.58 bits per heavy atom. The number of carbonyl (C=O) groups excluding carboxylic acids is 1. The summed E-state index contributed by atoms with van der Waals surface area (Å²) in [5, 5.41) is 14.8. The number of hydrogen-bond donors (Lipinski definition) is 1. The number of benzene rings is 3. The van der Waals surface area contributed by atoms with E-state index in [0.717, 1.165) is 11.1 Å². The molecule has 1 aliphatic heterocycles. The molecule has 36 heavy (non-hydrogen) atoms. The van der Waals surface area contributed by atoms with Gasteiger partial charge < -0.3 is 19.5 Å². The van der Waals surface area contributed by atoms with E-state index < -0.39 is 10.7 Å². The molecule has 1 N–H and O–H groups in total. The van der Waals surface area contributed by atoms with Crippen molar-refractivity contribution >= 4 is 23.3 Å². The minimum Gasteiger partial charge on any atom is -0.490 e. The Balaban J connectivity index is 1.74. The Labute approximate surface area is 208 Å². The summed E-state index contributed by atoms with van der Waals surface area (Å²) in [6.45, 7) is 7.99. The van der Waals surface area contributed by atoms with E-state index in [4.69, 9.17) is 14.2 Å². The van der Waals surface area contributed by atoms with Crippen LogP contribution in [0.25, 0.3) is 11.1 Å². The Kier molecular flexibility index (Phi) is 7.05. The largest absolute Gasteiger partial charge is 0.490 e. The van der Waals surface area contributed by atoms with Gasteiger partial charge >= 0.3 is 0 Å². The number of hydrogen-bond acceptors (Lipinski definition) is 7. The van der Waals surface area contributed by atoms with Crippen molar-refractivity contribution in [2.75, 3.05) is 18.5 Å². The molecule has 3 aromatic carbocycles. The number of rotatable bonds is 8. The molecule has 0 aliphatic carbocycles. The van der Waals surface area contributed by atoms with Gasteiger partial charge in [0.05, 0.1) is 22.8 Å². The first-order valence-electron chi connectivity index (χ1n) is 11.4. The first-order chi connectivity index (χ1) is 17.1. The maximum absolute atomic E-state index is 13.6. The summed E-state index contributed by atoms with van der Waals surface area (Å²) in [4.78, 5) is 22.8. The van der Waals surface area contributed by atoms with E-state index in [1.54, 1.807) is 13.0 Å².